The number of carboxylic acid groups (broad SMARTS) is 1. The number of aliphatic hydroxyl groups is 1. The van der Waals surface area contributed by atoms with Crippen LogP contribution in [-0.2, 0) is 9.59 Å². The molecule has 0 aromatic rings. The van der Waals surface area contributed by atoms with E-state index in [0.29, 0.717) is 13.0 Å². The fraction of sp³-hybridized carbons (Fsp3) is 0.556. The van der Waals surface area contributed by atoms with Gasteiger partial charge in [-0.05, 0) is 13.3 Å². The van der Waals surface area contributed by atoms with E-state index in [2.05, 4.69) is 0 Å². The molecule has 0 spiro atoms. The Bertz CT molecular complexity index is 235. The third-order valence-corrected chi connectivity index (χ3v) is 1.63. The summed E-state index contributed by atoms with van der Waals surface area (Å²) in [6.45, 7) is 2.03. The van der Waals surface area contributed by atoms with Crippen LogP contribution in [0.2, 0.25) is 0 Å². The van der Waals surface area contributed by atoms with Crippen LogP contribution in [0.4, 0.5) is 0 Å². The molecule has 1 amide bonds. The number of carbonyl (C=O) groups excluding carboxylic acids is 1. The van der Waals surface area contributed by atoms with Gasteiger partial charge in [-0.1, -0.05) is 0 Å². The summed E-state index contributed by atoms with van der Waals surface area (Å²) < 4.78 is 0. The second-order valence-electron chi connectivity index (χ2n) is 3.07. The standard InChI is InChI=1S/C9H15NO4/c1-7(11)5-6-10(2)8(12)3-4-9(13)14/h3-4,7,11H,5-6H2,1-2H3,(H,13,14)/b4-3+. The van der Waals surface area contributed by atoms with E-state index in [1.807, 2.05) is 0 Å². The average molecular weight is 201 g/mol. The Kier molecular flexibility index (Phi) is 5.55. The van der Waals surface area contributed by atoms with E-state index in [1.54, 1.807) is 14.0 Å². The maximum absolute atomic E-state index is 11.2. The van der Waals surface area contributed by atoms with Gasteiger partial charge in [0.05, 0.1) is 6.10 Å². The van der Waals surface area contributed by atoms with Crippen LogP contribution in [0.3, 0.4) is 0 Å². The number of hydrogen-bond acceptors (Lipinski definition) is 3. The third-order valence-electron chi connectivity index (χ3n) is 1.63. The quantitative estimate of drug-likeness (QED) is 0.607. The predicted molar refractivity (Wildman–Crippen MR) is 50.7 cm³/mol. The average Bonchev–Trinajstić information content (AvgIpc) is 2.09. The Balaban J connectivity index is 3.93. The monoisotopic (exact) mass is 201 g/mol. The second kappa shape index (κ2) is 6.15. The molecule has 0 heterocycles. The number of nitrogens with zero attached hydrogens (tertiary/aromatic N) is 1. The van der Waals surface area contributed by atoms with E-state index in [1.165, 1.54) is 4.90 Å². The molecule has 14 heavy (non-hydrogen) atoms. The first-order chi connectivity index (χ1) is 6.43. The number of carbonyl (C=O) groups is 2. The zero-order valence-electron chi connectivity index (χ0n) is 8.30. The zero-order chi connectivity index (χ0) is 11.1. The molecule has 1 atom stereocenters. The molecule has 0 aliphatic heterocycles. The number of amides is 1. The summed E-state index contributed by atoms with van der Waals surface area (Å²) >= 11 is 0. The highest BCUT2D eigenvalue weighted by Gasteiger charge is 2.06. The van der Waals surface area contributed by atoms with Gasteiger partial charge in [-0.2, -0.15) is 0 Å². The molecule has 0 radical (unpaired) electrons. The molecule has 2 N–H and O–H groups in total. The lowest BCUT2D eigenvalue weighted by Crippen LogP contribution is -2.27. The Morgan fingerprint density at radius 2 is 2.00 bits per heavy atom. The van der Waals surface area contributed by atoms with Crippen molar-refractivity contribution in [2.24, 2.45) is 0 Å². The molecular weight excluding hydrogens is 186 g/mol. The van der Waals surface area contributed by atoms with Crippen LogP contribution in [0.15, 0.2) is 12.2 Å². The van der Waals surface area contributed by atoms with E-state index in [4.69, 9.17) is 10.2 Å². The Hall–Kier alpha value is -1.36. The van der Waals surface area contributed by atoms with Gasteiger partial charge in [-0.3, -0.25) is 4.79 Å². The summed E-state index contributed by atoms with van der Waals surface area (Å²) in [4.78, 5) is 22.6. The summed E-state index contributed by atoms with van der Waals surface area (Å²) in [6, 6.07) is 0. The van der Waals surface area contributed by atoms with Crippen molar-refractivity contribution in [3.8, 4) is 0 Å². The molecule has 80 valence electrons. The van der Waals surface area contributed by atoms with Crippen LogP contribution in [0.25, 0.3) is 0 Å². The smallest absolute Gasteiger partial charge is 0.328 e. The lowest BCUT2D eigenvalue weighted by atomic mass is 10.3. The highest BCUT2D eigenvalue weighted by molar-refractivity contribution is 5.93. The minimum Gasteiger partial charge on any atom is -0.478 e. The van der Waals surface area contributed by atoms with Crippen LogP contribution >= 0.6 is 0 Å². The van der Waals surface area contributed by atoms with Gasteiger partial charge in [0.25, 0.3) is 0 Å². The van der Waals surface area contributed by atoms with Crippen molar-refractivity contribution >= 4 is 11.9 Å². The van der Waals surface area contributed by atoms with E-state index in [0.717, 1.165) is 12.2 Å². The van der Waals surface area contributed by atoms with Crippen LogP contribution < -0.4 is 0 Å². The molecule has 0 aliphatic carbocycles. The maximum Gasteiger partial charge on any atom is 0.328 e. The van der Waals surface area contributed by atoms with Crippen molar-refractivity contribution in [1.82, 2.24) is 4.90 Å². The lowest BCUT2D eigenvalue weighted by molar-refractivity contribution is -0.132. The number of aliphatic carboxylic acids is 1. The third kappa shape index (κ3) is 6.19. The van der Waals surface area contributed by atoms with Crippen LogP contribution in [0, 0.1) is 0 Å². The molecule has 0 rings (SSSR count). The van der Waals surface area contributed by atoms with Gasteiger partial charge in [0.2, 0.25) is 5.91 Å². The van der Waals surface area contributed by atoms with Crippen LogP contribution in [0.5, 0.6) is 0 Å². The van der Waals surface area contributed by atoms with Crippen molar-refractivity contribution in [1.29, 1.82) is 0 Å². The molecule has 5 heteroatoms. The summed E-state index contributed by atoms with van der Waals surface area (Å²) in [6.07, 6.45) is 1.79. The fourth-order valence-electron chi connectivity index (χ4n) is 0.760. The molecule has 0 saturated carbocycles. The topological polar surface area (TPSA) is 77.8 Å². The number of likely N-dealkylation sites (N-methyl/N-ethyl adjacent to an activating group) is 1. The van der Waals surface area contributed by atoms with E-state index >= 15 is 0 Å². The zero-order valence-corrected chi connectivity index (χ0v) is 8.30. The Morgan fingerprint density at radius 1 is 1.43 bits per heavy atom. The number of carboxylic acids is 1. The van der Waals surface area contributed by atoms with E-state index < -0.39 is 12.1 Å². The number of rotatable bonds is 5. The molecule has 0 aromatic carbocycles. The van der Waals surface area contributed by atoms with Crippen molar-refractivity contribution in [2.75, 3.05) is 13.6 Å². The number of aliphatic hydroxyl groups excluding tert-OH is 1. The normalized spacial score (nSPS) is 12.8. The summed E-state index contributed by atoms with van der Waals surface area (Å²) in [5, 5.41) is 17.2. The highest BCUT2D eigenvalue weighted by atomic mass is 16.4. The molecular formula is C9H15NO4. The molecule has 0 bridgehead atoms. The Labute approximate surface area is 82.6 Å². The fourth-order valence-corrected chi connectivity index (χ4v) is 0.760. The van der Waals surface area contributed by atoms with Crippen LogP contribution in [0.1, 0.15) is 13.3 Å². The lowest BCUT2D eigenvalue weighted by Gasteiger charge is -2.15. The molecule has 0 saturated heterocycles. The van der Waals surface area contributed by atoms with E-state index in [9.17, 15) is 9.59 Å². The van der Waals surface area contributed by atoms with Gasteiger partial charge in [-0.15, -0.1) is 0 Å². The van der Waals surface area contributed by atoms with Crippen molar-refractivity contribution in [3.05, 3.63) is 12.2 Å². The largest absolute Gasteiger partial charge is 0.478 e. The van der Waals surface area contributed by atoms with Crippen molar-refractivity contribution in [2.45, 2.75) is 19.4 Å². The van der Waals surface area contributed by atoms with Crippen molar-refractivity contribution in [3.63, 3.8) is 0 Å². The summed E-state index contributed by atoms with van der Waals surface area (Å²) in [7, 11) is 1.55. The summed E-state index contributed by atoms with van der Waals surface area (Å²) in [5.41, 5.74) is 0. The molecule has 5 nitrogen and oxygen atoms in total. The minimum absolute atomic E-state index is 0.381. The second-order valence-corrected chi connectivity index (χ2v) is 3.07. The van der Waals surface area contributed by atoms with Gasteiger partial charge in [0.1, 0.15) is 0 Å². The Morgan fingerprint density at radius 3 is 2.43 bits per heavy atom. The first-order valence-electron chi connectivity index (χ1n) is 4.27. The van der Waals surface area contributed by atoms with Gasteiger partial charge in [-0.25, -0.2) is 4.79 Å². The molecule has 0 aliphatic rings. The SMILES string of the molecule is CC(O)CCN(C)C(=O)/C=C/C(=O)O. The minimum atomic E-state index is -1.15. The molecule has 1 unspecified atom stereocenters. The first kappa shape index (κ1) is 12.6. The summed E-state index contributed by atoms with van der Waals surface area (Å²) in [5.74, 6) is -1.53. The predicted octanol–water partition coefficient (Wildman–Crippen LogP) is -0.144. The van der Waals surface area contributed by atoms with Crippen molar-refractivity contribution < 1.29 is 19.8 Å². The highest BCUT2D eigenvalue weighted by Crippen LogP contribution is 1.94. The maximum atomic E-state index is 11.2. The van der Waals surface area contributed by atoms with Gasteiger partial charge >= 0.3 is 5.97 Å². The molecule has 0 aromatic heterocycles. The first-order valence-corrected chi connectivity index (χ1v) is 4.27. The van der Waals surface area contributed by atoms with Crippen LogP contribution in [-0.4, -0.2) is 46.7 Å². The van der Waals surface area contributed by atoms with Gasteiger partial charge in [0, 0.05) is 25.7 Å². The number of hydrogen-bond donors (Lipinski definition) is 2. The van der Waals surface area contributed by atoms with Gasteiger partial charge < -0.3 is 15.1 Å². The van der Waals surface area contributed by atoms with Gasteiger partial charge in [0.15, 0.2) is 0 Å². The molecule has 0 fully saturated rings. The van der Waals surface area contributed by atoms with E-state index in [-0.39, 0.29) is 5.91 Å².